The maximum atomic E-state index is 2.50. The van der Waals surface area contributed by atoms with Crippen molar-refractivity contribution in [1.29, 1.82) is 0 Å². The van der Waals surface area contributed by atoms with Crippen LogP contribution in [0.2, 0.25) is 9.26 Å². The van der Waals surface area contributed by atoms with Crippen LogP contribution in [0.5, 0.6) is 0 Å². The summed E-state index contributed by atoms with van der Waals surface area (Å²) in [5, 5.41) is 4.29. The van der Waals surface area contributed by atoms with Gasteiger partial charge < -0.3 is 0 Å². The topological polar surface area (TPSA) is 0 Å². The first kappa shape index (κ1) is 17.1. The molecule has 3 aromatic rings. The SMILES string of the molecule is [CH3][Zr]([CH3])[CH]1C=Cc2cc(P(c3ccccc3)c3ccccc3)ccc21. The average Bonchev–Trinajstić information content (AvgIpc) is 3.07. The van der Waals surface area contributed by atoms with Crippen molar-refractivity contribution in [3.8, 4) is 0 Å². The van der Waals surface area contributed by atoms with Crippen molar-refractivity contribution in [2.45, 2.75) is 12.9 Å². The van der Waals surface area contributed by atoms with Gasteiger partial charge in [-0.15, -0.1) is 0 Å². The van der Waals surface area contributed by atoms with Gasteiger partial charge in [0.1, 0.15) is 0 Å². The Morgan fingerprint density at radius 3 is 1.88 bits per heavy atom. The first-order chi connectivity index (χ1) is 12.2. The second-order valence-corrected chi connectivity index (χ2v) is 15.8. The van der Waals surface area contributed by atoms with Crippen LogP contribution in [-0.4, -0.2) is 0 Å². The minimum absolute atomic E-state index is 0.500. The molecule has 2 heteroatoms. The Labute approximate surface area is 160 Å². The molecule has 1 aliphatic carbocycles. The van der Waals surface area contributed by atoms with E-state index < -0.39 is 29.7 Å². The second-order valence-electron chi connectivity index (χ2n) is 6.73. The Balaban J connectivity index is 1.81. The molecule has 1 atom stereocenters. The number of allylic oxidation sites excluding steroid dienone is 1. The van der Waals surface area contributed by atoms with E-state index in [-0.39, 0.29) is 0 Å². The maximum absolute atomic E-state index is 2.50. The quantitative estimate of drug-likeness (QED) is 0.507. The van der Waals surface area contributed by atoms with Gasteiger partial charge in [0.15, 0.2) is 0 Å². The van der Waals surface area contributed by atoms with Gasteiger partial charge in [-0.2, -0.15) is 0 Å². The Kier molecular flexibility index (Phi) is 5.16. The summed E-state index contributed by atoms with van der Waals surface area (Å²) in [4.78, 5) is 0. The molecule has 0 radical (unpaired) electrons. The fourth-order valence-corrected chi connectivity index (χ4v) is 9.22. The third-order valence-electron chi connectivity index (χ3n) is 4.78. The van der Waals surface area contributed by atoms with Crippen molar-refractivity contribution in [3.63, 3.8) is 0 Å². The van der Waals surface area contributed by atoms with Crippen molar-refractivity contribution in [2.75, 3.05) is 0 Å². The molecule has 0 amide bonds. The molecule has 25 heavy (non-hydrogen) atoms. The first-order valence-electron chi connectivity index (χ1n) is 8.76. The van der Waals surface area contributed by atoms with E-state index in [1.807, 2.05) is 0 Å². The molecule has 0 spiro atoms. The zero-order valence-corrected chi connectivity index (χ0v) is 18.0. The predicted octanol–water partition coefficient (Wildman–Crippen LogP) is 5.23. The Bertz CT molecular complexity index is 845. The normalized spacial score (nSPS) is 15.4. The summed E-state index contributed by atoms with van der Waals surface area (Å²) in [7, 11) is -0.500. The predicted molar refractivity (Wildman–Crippen MR) is 109 cm³/mol. The summed E-state index contributed by atoms with van der Waals surface area (Å²) in [6, 6.07) is 29.2. The molecule has 0 N–H and O–H groups in total. The molecule has 0 saturated carbocycles. The molecule has 0 heterocycles. The van der Waals surface area contributed by atoms with E-state index in [0.29, 0.717) is 0 Å². The van der Waals surface area contributed by atoms with Gasteiger partial charge in [0.2, 0.25) is 0 Å². The number of fused-ring (bicyclic) bond motifs is 1. The molecule has 0 nitrogen and oxygen atoms in total. The van der Waals surface area contributed by atoms with Crippen molar-refractivity contribution in [3.05, 3.63) is 96.1 Å². The van der Waals surface area contributed by atoms with E-state index >= 15 is 0 Å². The molecule has 123 valence electrons. The fraction of sp³-hybridized carbons (Fsp3) is 0.130. The summed E-state index contributed by atoms with van der Waals surface area (Å²) in [5.41, 5.74) is 3.02. The van der Waals surface area contributed by atoms with Crippen LogP contribution in [0.25, 0.3) is 6.08 Å². The number of rotatable bonds is 4. The second kappa shape index (κ2) is 7.53. The van der Waals surface area contributed by atoms with Gasteiger partial charge in [-0.25, -0.2) is 0 Å². The summed E-state index contributed by atoms with van der Waals surface area (Å²) in [6.45, 7) is 0. The van der Waals surface area contributed by atoms with E-state index in [2.05, 4.69) is 100 Å². The van der Waals surface area contributed by atoms with Crippen LogP contribution < -0.4 is 15.9 Å². The van der Waals surface area contributed by atoms with Crippen LogP contribution in [0.15, 0.2) is 84.9 Å². The summed E-state index contributed by atoms with van der Waals surface area (Å²) >= 11 is -1.26. The number of benzene rings is 3. The molecule has 1 aliphatic rings. The van der Waals surface area contributed by atoms with E-state index in [1.54, 1.807) is 5.56 Å². The monoisotopic (exact) mass is 419 g/mol. The average molecular weight is 421 g/mol. The van der Waals surface area contributed by atoms with Crippen LogP contribution in [0, 0.1) is 0 Å². The molecular formula is C23H22PZr. The van der Waals surface area contributed by atoms with Gasteiger partial charge >= 0.3 is 161 Å². The summed E-state index contributed by atoms with van der Waals surface area (Å²) in [5.74, 6) is 0. The Hall–Kier alpha value is -1.29. The molecule has 0 aliphatic heterocycles. The van der Waals surface area contributed by atoms with E-state index in [9.17, 15) is 0 Å². The van der Waals surface area contributed by atoms with Gasteiger partial charge in [0.05, 0.1) is 0 Å². The van der Waals surface area contributed by atoms with Crippen molar-refractivity contribution in [2.24, 2.45) is 0 Å². The van der Waals surface area contributed by atoms with E-state index in [1.165, 1.54) is 21.5 Å². The van der Waals surface area contributed by atoms with E-state index in [4.69, 9.17) is 0 Å². The zero-order valence-electron chi connectivity index (χ0n) is 14.7. The number of hydrogen-bond donors (Lipinski definition) is 0. The Morgan fingerprint density at radius 1 is 0.720 bits per heavy atom. The first-order valence-corrected chi connectivity index (χ1v) is 16.4. The Morgan fingerprint density at radius 2 is 1.32 bits per heavy atom. The fourth-order valence-electron chi connectivity index (χ4n) is 3.54. The summed E-state index contributed by atoms with van der Waals surface area (Å²) < 4.78 is 5.76. The van der Waals surface area contributed by atoms with Crippen LogP contribution in [0.4, 0.5) is 0 Å². The number of hydrogen-bond acceptors (Lipinski definition) is 0. The molecule has 0 bridgehead atoms. The standard InChI is InChI=1S/C21H16P.2CH3.Zr/c1-3-10-19(11-4-1)22(20-12-5-2-6-13-20)21-15-14-17-8-7-9-18(17)16-21;;;/h1-16H;2*1H3;. The van der Waals surface area contributed by atoms with Crippen molar-refractivity contribution < 1.29 is 21.8 Å². The van der Waals surface area contributed by atoms with Gasteiger partial charge in [-0.1, -0.05) is 0 Å². The van der Waals surface area contributed by atoms with Gasteiger partial charge in [0, 0.05) is 0 Å². The van der Waals surface area contributed by atoms with Crippen molar-refractivity contribution in [1.82, 2.24) is 0 Å². The molecule has 4 rings (SSSR count). The molecule has 0 aromatic heterocycles. The van der Waals surface area contributed by atoms with Gasteiger partial charge in [0.25, 0.3) is 0 Å². The molecule has 0 fully saturated rings. The van der Waals surface area contributed by atoms with Crippen LogP contribution in [0.1, 0.15) is 14.8 Å². The minimum atomic E-state index is -1.26. The van der Waals surface area contributed by atoms with Gasteiger partial charge in [-0.05, 0) is 0 Å². The third-order valence-corrected chi connectivity index (χ3v) is 11.5. The molecule has 0 saturated heterocycles. The molecule has 1 unspecified atom stereocenters. The van der Waals surface area contributed by atoms with Crippen LogP contribution in [0.3, 0.4) is 0 Å². The molecule has 3 aromatic carbocycles. The van der Waals surface area contributed by atoms with Crippen LogP contribution in [-0.2, 0) is 21.8 Å². The third kappa shape index (κ3) is 3.51. The van der Waals surface area contributed by atoms with E-state index in [0.717, 1.165) is 3.63 Å². The zero-order chi connectivity index (χ0) is 17.2. The summed E-state index contributed by atoms with van der Waals surface area (Å²) in [6.07, 6.45) is 4.82. The molecular weight excluding hydrogens is 398 g/mol. The van der Waals surface area contributed by atoms with Crippen LogP contribution >= 0.6 is 7.92 Å². The van der Waals surface area contributed by atoms with Crippen molar-refractivity contribution >= 4 is 29.9 Å². The van der Waals surface area contributed by atoms with Gasteiger partial charge in [-0.3, -0.25) is 0 Å².